The van der Waals surface area contributed by atoms with Crippen LogP contribution in [0.5, 0.6) is 0 Å². The molecule has 5 nitrogen and oxygen atoms in total. The number of likely N-dealkylation sites (N-methyl/N-ethyl adjacent to an activating group) is 1. The maximum Gasteiger partial charge on any atom is 0.244 e. The van der Waals surface area contributed by atoms with Crippen molar-refractivity contribution in [1.29, 1.82) is 0 Å². The molecule has 0 aromatic carbocycles. The number of carbonyl (C=O) groups is 2. The van der Waals surface area contributed by atoms with Crippen LogP contribution in [0.25, 0.3) is 0 Å². The van der Waals surface area contributed by atoms with E-state index in [1.54, 1.807) is 23.9 Å². The number of carbonyl (C=O) groups excluding carboxylic acids is 2. The van der Waals surface area contributed by atoms with Gasteiger partial charge in [0.1, 0.15) is 6.04 Å². The largest absolute Gasteiger partial charge is 0.347 e. The maximum absolute atomic E-state index is 12.4. The van der Waals surface area contributed by atoms with Crippen LogP contribution in [-0.4, -0.2) is 54.8 Å². The molecule has 0 aliphatic carbocycles. The van der Waals surface area contributed by atoms with E-state index < -0.39 is 0 Å². The van der Waals surface area contributed by atoms with Crippen LogP contribution < -0.4 is 5.73 Å². The van der Waals surface area contributed by atoms with E-state index in [0.29, 0.717) is 25.4 Å². The lowest BCUT2D eigenvalue weighted by atomic mass is 9.93. The third-order valence-electron chi connectivity index (χ3n) is 3.90. The van der Waals surface area contributed by atoms with E-state index in [1.165, 1.54) is 0 Å². The van der Waals surface area contributed by atoms with Crippen molar-refractivity contribution in [1.82, 2.24) is 9.80 Å². The monoisotopic (exact) mass is 283 g/mol. The standard InChI is InChI=1S/C15H29N3O2/c1-11(2)8-12(10-16)9-14(19)18-7-5-6-13(18)15(20)17(3)4/h11-13H,5-10,16H2,1-4H3/t12-,13?/m0/s1. The SMILES string of the molecule is CC(C)C[C@H](CN)CC(=O)N1CCCC1C(=O)N(C)C. The summed E-state index contributed by atoms with van der Waals surface area (Å²) < 4.78 is 0. The average Bonchev–Trinajstić information content (AvgIpc) is 2.85. The molecule has 1 aliphatic rings. The molecule has 2 N–H and O–H groups in total. The molecule has 0 aromatic heterocycles. The molecule has 0 spiro atoms. The Morgan fingerprint density at radius 2 is 2.00 bits per heavy atom. The van der Waals surface area contributed by atoms with Crippen molar-refractivity contribution in [3.05, 3.63) is 0 Å². The Hall–Kier alpha value is -1.10. The summed E-state index contributed by atoms with van der Waals surface area (Å²) in [6.07, 6.45) is 3.11. The van der Waals surface area contributed by atoms with E-state index in [4.69, 9.17) is 5.73 Å². The summed E-state index contributed by atoms with van der Waals surface area (Å²) in [7, 11) is 3.48. The molecule has 2 atom stereocenters. The molecule has 1 heterocycles. The second-order valence-corrected chi connectivity index (χ2v) is 6.41. The van der Waals surface area contributed by atoms with Crippen molar-refractivity contribution in [3.8, 4) is 0 Å². The van der Waals surface area contributed by atoms with E-state index in [9.17, 15) is 9.59 Å². The predicted molar refractivity (Wildman–Crippen MR) is 80.0 cm³/mol. The molecule has 0 bridgehead atoms. The van der Waals surface area contributed by atoms with Crippen molar-refractivity contribution in [2.75, 3.05) is 27.2 Å². The van der Waals surface area contributed by atoms with Gasteiger partial charge in [-0.2, -0.15) is 0 Å². The molecule has 1 unspecified atom stereocenters. The van der Waals surface area contributed by atoms with Crippen LogP contribution >= 0.6 is 0 Å². The smallest absolute Gasteiger partial charge is 0.244 e. The predicted octanol–water partition coefficient (Wildman–Crippen LogP) is 1.08. The minimum Gasteiger partial charge on any atom is -0.347 e. The fraction of sp³-hybridized carbons (Fsp3) is 0.867. The first-order valence-electron chi connectivity index (χ1n) is 7.57. The minimum absolute atomic E-state index is 0.0315. The highest BCUT2D eigenvalue weighted by Gasteiger charge is 2.35. The van der Waals surface area contributed by atoms with Gasteiger partial charge >= 0.3 is 0 Å². The van der Waals surface area contributed by atoms with Gasteiger partial charge in [0.25, 0.3) is 0 Å². The van der Waals surface area contributed by atoms with Crippen LogP contribution in [0, 0.1) is 11.8 Å². The first-order valence-corrected chi connectivity index (χ1v) is 7.57. The lowest BCUT2D eigenvalue weighted by Crippen LogP contribution is -2.46. The van der Waals surface area contributed by atoms with Crippen molar-refractivity contribution in [2.24, 2.45) is 17.6 Å². The van der Waals surface area contributed by atoms with Crippen molar-refractivity contribution >= 4 is 11.8 Å². The highest BCUT2D eigenvalue weighted by atomic mass is 16.2. The molecule has 116 valence electrons. The Kier molecular flexibility index (Phi) is 6.46. The Labute approximate surface area is 122 Å². The fourth-order valence-corrected chi connectivity index (χ4v) is 2.91. The zero-order valence-corrected chi connectivity index (χ0v) is 13.3. The first-order chi connectivity index (χ1) is 9.36. The molecule has 1 aliphatic heterocycles. The van der Waals surface area contributed by atoms with Gasteiger partial charge in [0.2, 0.25) is 11.8 Å². The van der Waals surface area contributed by atoms with Gasteiger partial charge in [0.05, 0.1) is 0 Å². The zero-order valence-electron chi connectivity index (χ0n) is 13.3. The lowest BCUT2D eigenvalue weighted by molar-refractivity contribution is -0.142. The number of hydrogen-bond acceptors (Lipinski definition) is 3. The Morgan fingerprint density at radius 1 is 1.35 bits per heavy atom. The Bertz CT molecular complexity index is 342. The van der Waals surface area contributed by atoms with E-state index >= 15 is 0 Å². The highest BCUT2D eigenvalue weighted by molar-refractivity contribution is 5.88. The molecule has 20 heavy (non-hydrogen) atoms. The number of nitrogens with two attached hydrogens (primary N) is 1. The summed E-state index contributed by atoms with van der Waals surface area (Å²) >= 11 is 0. The molecule has 1 saturated heterocycles. The molecule has 1 rings (SSSR count). The molecule has 5 heteroatoms. The molecule has 0 aromatic rings. The summed E-state index contributed by atoms with van der Waals surface area (Å²) in [6, 6.07) is -0.269. The van der Waals surface area contributed by atoms with Crippen LogP contribution in [0.4, 0.5) is 0 Å². The average molecular weight is 283 g/mol. The minimum atomic E-state index is -0.269. The Morgan fingerprint density at radius 3 is 2.50 bits per heavy atom. The zero-order chi connectivity index (χ0) is 15.3. The number of rotatable bonds is 6. The van der Waals surface area contributed by atoms with Crippen LogP contribution in [0.15, 0.2) is 0 Å². The molecule has 0 saturated carbocycles. The van der Waals surface area contributed by atoms with Gasteiger partial charge in [-0.05, 0) is 37.6 Å². The first kappa shape index (κ1) is 17.0. The lowest BCUT2D eigenvalue weighted by Gasteiger charge is -2.28. The van der Waals surface area contributed by atoms with Gasteiger partial charge in [-0.15, -0.1) is 0 Å². The highest BCUT2D eigenvalue weighted by Crippen LogP contribution is 2.22. The quantitative estimate of drug-likeness (QED) is 0.793. The summed E-state index contributed by atoms with van der Waals surface area (Å²) in [4.78, 5) is 27.9. The normalized spacial score (nSPS) is 20.3. The third-order valence-corrected chi connectivity index (χ3v) is 3.90. The second kappa shape index (κ2) is 7.62. The summed E-state index contributed by atoms with van der Waals surface area (Å²) in [5.74, 6) is 0.871. The molecular formula is C15H29N3O2. The van der Waals surface area contributed by atoms with Crippen LogP contribution in [0.1, 0.15) is 39.5 Å². The summed E-state index contributed by atoms with van der Waals surface area (Å²) in [5.41, 5.74) is 5.76. The van der Waals surface area contributed by atoms with E-state index in [2.05, 4.69) is 13.8 Å². The van der Waals surface area contributed by atoms with Crippen molar-refractivity contribution in [2.45, 2.75) is 45.6 Å². The topological polar surface area (TPSA) is 66.6 Å². The number of nitrogens with zero attached hydrogens (tertiary/aromatic N) is 2. The van der Waals surface area contributed by atoms with Gasteiger partial charge in [0, 0.05) is 27.1 Å². The van der Waals surface area contributed by atoms with Gasteiger partial charge in [-0.3, -0.25) is 9.59 Å². The molecular weight excluding hydrogens is 254 g/mol. The van der Waals surface area contributed by atoms with Crippen molar-refractivity contribution < 1.29 is 9.59 Å². The summed E-state index contributed by atoms with van der Waals surface area (Å²) in [5, 5.41) is 0. The van der Waals surface area contributed by atoms with Crippen molar-refractivity contribution in [3.63, 3.8) is 0 Å². The number of likely N-dealkylation sites (tertiary alicyclic amines) is 1. The van der Waals surface area contributed by atoms with E-state index in [-0.39, 0.29) is 23.8 Å². The molecule has 0 radical (unpaired) electrons. The van der Waals surface area contributed by atoms with Gasteiger partial charge in [-0.25, -0.2) is 0 Å². The van der Waals surface area contributed by atoms with E-state index in [1.807, 2.05) is 0 Å². The van der Waals surface area contributed by atoms with Crippen LogP contribution in [-0.2, 0) is 9.59 Å². The van der Waals surface area contributed by atoms with E-state index in [0.717, 1.165) is 19.3 Å². The number of amides is 2. The molecule has 2 amide bonds. The number of hydrogen-bond donors (Lipinski definition) is 1. The van der Waals surface area contributed by atoms with Crippen LogP contribution in [0.3, 0.4) is 0 Å². The summed E-state index contributed by atoms with van der Waals surface area (Å²) in [6.45, 7) is 5.51. The maximum atomic E-state index is 12.4. The Balaban J connectivity index is 2.63. The molecule has 1 fully saturated rings. The third kappa shape index (κ3) is 4.47. The van der Waals surface area contributed by atoms with Crippen LogP contribution in [0.2, 0.25) is 0 Å². The fourth-order valence-electron chi connectivity index (χ4n) is 2.91. The van der Waals surface area contributed by atoms with Gasteiger partial charge in [0.15, 0.2) is 0 Å². The second-order valence-electron chi connectivity index (χ2n) is 6.41. The van der Waals surface area contributed by atoms with Gasteiger partial charge in [-0.1, -0.05) is 13.8 Å². The van der Waals surface area contributed by atoms with Gasteiger partial charge < -0.3 is 15.5 Å².